The molecular formula is C14H22N2. The monoisotopic (exact) mass is 218 g/mol. The van der Waals surface area contributed by atoms with Gasteiger partial charge in [-0.3, -0.25) is 0 Å². The summed E-state index contributed by atoms with van der Waals surface area (Å²) in [5, 5.41) is 3.60. The molecule has 1 unspecified atom stereocenters. The van der Waals surface area contributed by atoms with E-state index >= 15 is 0 Å². The van der Waals surface area contributed by atoms with E-state index in [-0.39, 0.29) is 0 Å². The van der Waals surface area contributed by atoms with E-state index in [9.17, 15) is 0 Å². The summed E-state index contributed by atoms with van der Waals surface area (Å²) >= 11 is 0. The number of anilines is 1. The van der Waals surface area contributed by atoms with Crippen molar-refractivity contribution in [3.05, 3.63) is 29.8 Å². The standard InChI is InChI=1S/C14H22N2/c1-3-6-13-11-16(10-9-15-13)14-8-5-4-7-12(14)2/h4-5,7-8,13,15H,3,6,9-11H2,1-2H3. The zero-order chi connectivity index (χ0) is 11.4. The van der Waals surface area contributed by atoms with Crippen molar-refractivity contribution in [2.45, 2.75) is 32.7 Å². The van der Waals surface area contributed by atoms with E-state index in [1.807, 2.05) is 0 Å². The average molecular weight is 218 g/mol. The van der Waals surface area contributed by atoms with Crippen molar-refractivity contribution < 1.29 is 0 Å². The van der Waals surface area contributed by atoms with Crippen LogP contribution in [0.4, 0.5) is 5.69 Å². The van der Waals surface area contributed by atoms with Crippen LogP contribution in [0, 0.1) is 6.92 Å². The number of nitrogens with one attached hydrogen (secondary N) is 1. The number of para-hydroxylation sites is 1. The lowest BCUT2D eigenvalue weighted by atomic mass is 10.1. The quantitative estimate of drug-likeness (QED) is 0.839. The minimum atomic E-state index is 0.665. The van der Waals surface area contributed by atoms with Crippen LogP contribution in [0.2, 0.25) is 0 Å². The molecule has 1 aliphatic rings. The molecule has 0 saturated carbocycles. The summed E-state index contributed by atoms with van der Waals surface area (Å²) in [7, 11) is 0. The van der Waals surface area contributed by atoms with Gasteiger partial charge in [0.1, 0.15) is 0 Å². The molecule has 1 N–H and O–H groups in total. The van der Waals surface area contributed by atoms with Crippen LogP contribution in [-0.2, 0) is 0 Å². The van der Waals surface area contributed by atoms with Crippen molar-refractivity contribution >= 4 is 5.69 Å². The molecule has 0 bridgehead atoms. The molecular weight excluding hydrogens is 196 g/mol. The highest BCUT2D eigenvalue weighted by Crippen LogP contribution is 2.21. The lowest BCUT2D eigenvalue weighted by molar-refractivity contribution is 0.430. The molecule has 1 saturated heterocycles. The van der Waals surface area contributed by atoms with Crippen LogP contribution in [0.1, 0.15) is 25.3 Å². The van der Waals surface area contributed by atoms with Crippen LogP contribution < -0.4 is 10.2 Å². The van der Waals surface area contributed by atoms with Crippen molar-refractivity contribution in [2.24, 2.45) is 0 Å². The van der Waals surface area contributed by atoms with E-state index in [1.54, 1.807) is 0 Å². The maximum Gasteiger partial charge on any atom is 0.0396 e. The molecule has 2 rings (SSSR count). The molecule has 1 fully saturated rings. The zero-order valence-corrected chi connectivity index (χ0v) is 10.4. The van der Waals surface area contributed by atoms with Gasteiger partial charge in [0.2, 0.25) is 0 Å². The van der Waals surface area contributed by atoms with Gasteiger partial charge in [-0.05, 0) is 25.0 Å². The molecule has 1 atom stereocenters. The van der Waals surface area contributed by atoms with Crippen LogP contribution in [-0.4, -0.2) is 25.7 Å². The fourth-order valence-electron chi connectivity index (χ4n) is 2.50. The Balaban J connectivity index is 2.07. The molecule has 0 aromatic heterocycles. The minimum Gasteiger partial charge on any atom is -0.368 e. The summed E-state index contributed by atoms with van der Waals surface area (Å²) in [5.74, 6) is 0. The Morgan fingerprint density at radius 1 is 1.38 bits per heavy atom. The predicted octanol–water partition coefficient (Wildman–Crippen LogP) is 2.57. The van der Waals surface area contributed by atoms with Gasteiger partial charge >= 0.3 is 0 Å². The third kappa shape index (κ3) is 2.56. The maximum absolute atomic E-state index is 3.60. The summed E-state index contributed by atoms with van der Waals surface area (Å²) < 4.78 is 0. The summed E-state index contributed by atoms with van der Waals surface area (Å²) in [6.07, 6.45) is 2.54. The zero-order valence-electron chi connectivity index (χ0n) is 10.4. The minimum absolute atomic E-state index is 0.665. The summed E-state index contributed by atoms with van der Waals surface area (Å²) in [6, 6.07) is 9.36. The first-order valence-electron chi connectivity index (χ1n) is 6.35. The van der Waals surface area contributed by atoms with Crippen molar-refractivity contribution in [3.63, 3.8) is 0 Å². The van der Waals surface area contributed by atoms with Gasteiger partial charge in [0, 0.05) is 31.4 Å². The van der Waals surface area contributed by atoms with E-state index in [0.717, 1.165) is 19.6 Å². The van der Waals surface area contributed by atoms with Crippen LogP contribution >= 0.6 is 0 Å². The third-order valence-electron chi connectivity index (χ3n) is 3.35. The molecule has 16 heavy (non-hydrogen) atoms. The van der Waals surface area contributed by atoms with Gasteiger partial charge in [-0.1, -0.05) is 31.5 Å². The third-order valence-corrected chi connectivity index (χ3v) is 3.35. The molecule has 0 radical (unpaired) electrons. The van der Waals surface area contributed by atoms with Crippen LogP contribution in [0.5, 0.6) is 0 Å². The Bertz CT molecular complexity index is 333. The first kappa shape index (κ1) is 11.5. The molecule has 2 nitrogen and oxygen atoms in total. The van der Waals surface area contributed by atoms with Gasteiger partial charge in [-0.25, -0.2) is 0 Å². The highest BCUT2D eigenvalue weighted by molar-refractivity contribution is 5.53. The van der Waals surface area contributed by atoms with E-state index < -0.39 is 0 Å². The fraction of sp³-hybridized carbons (Fsp3) is 0.571. The second-order valence-corrected chi connectivity index (χ2v) is 4.67. The molecule has 0 aliphatic carbocycles. The van der Waals surface area contributed by atoms with Gasteiger partial charge in [-0.2, -0.15) is 0 Å². The van der Waals surface area contributed by atoms with E-state index in [0.29, 0.717) is 6.04 Å². The van der Waals surface area contributed by atoms with Crippen LogP contribution in [0.3, 0.4) is 0 Å². The van der Waals surface area contributed by atoms with Gasteiger partial charge < -0.3 is 10.2 Å². The number of hydrogen-bond acceptors (Lipinski definition) is 2. The van der Waals surface area contributed by atoms with Crippen molar-refractivity contribution in [1.82, 2.24) is 5.32 Å². The molecule has 1 aromatic rings. The molecule has 1 aliphatic heterocycles. The normalized spacial score (nSPS) is 21.1. The van der Waals surface area contributed by atoms with Crippen molar-refractivity contribution in [3.8, 4) is 0 Å². The summed E-state index contributed by atoms with van der Waals surface area (Å²) in [4.78, 5) is 2.52. The SMILES string of the molecule is CCCC1CN(c2ccccc2C)CCN1. The highest BCUT2D eigenvalue weighted by Gasteiger charge is 2.19. The molecule has 0 spiro atoms. The Hall–Kier alpha value is -1.02. The van der Waals surface area contributed by atoms with E-state index in [1.165, 1.54) is 24.1 Å². The number of hydrogen-bond donors (Lipinski definition) is 1. The lowest BCUT2D eigenvalue weighted by Crippen LogP contribution is -2.50. The Labute approximate surface area is 98.7 Å². The van der Waals surface area contributed by atoms with Gasteiger partial charge in [-0.15, -0.1) is 0 Å². The molecule has 88 valence electrons. The van der Waals surface area contributed by atoms with Crippen LogP contribution in [0.25, 0.3) is 0 Å². The molecule has 2 heteroatoms. The fourth-order valence-corrected chi connectivity index (χ4v) is 2.50. The summed E-state index contributed by atoms with van der Waals surface area (Å²) in [6.45, 7) is 7.85. The lowest BCUT2D eigenvalue weighted by Gasteiger charge is -2.36. The summed E-state index contributed by atoms with van der Waals surface area (Å²) in [5.41, 5.74) is 2.80. The Morgan fingerprint density at radius 2 is 2.19 bits per heavy atom. The van der Waals surface area contributed by atoms with Gasteiger partial charge in [0.15, 0.2) is 0 Å². The Kier molecular flexibility index (Phi) is 3.83. The number of benzene rings is 1. The molecule has 0 amide bonds. The number of aryl methyl sites for hydroxylation is 1. The highest BCUT2D eigenvalue weighted by atomic mass is 15.2. The van der Waals surface area contributed by atoms with E-state index in [4.69, 9.17) is 0 Å². The average Bonchev–Trinajstić information content (AvgIpc) is 2.30. The largest absolute Gasteiger partial charge is 0.368 e. The maximum atomic E-state index is 3.60. The van der Waals surface area contributed by atoms with Gasteiger partial charge in [0.25, 0.3) is 0 Å². The molecule has 1 heterocycles. The second kappa shape index (κ2) is 5.35. The van der Waals surface area contributed by atoms with Gasteiger partial charge in [0.05, 0.1) is 0 Å². The number of rotatable bonds is 3. The number of piperazine rings is 1. The smallest absolute Gasteiger partial charge is 0.0396 e. The van der Waals surface area contributed by atoms with Crippen LogP contribution in [0.15, 0.2) is 24.3 Å². The molecule has 1 aromatic carbocycles. The van der Waals surface area contributed by atoms with Crippen molar-refractivity contribution in [1.29, 1.82) is 0 Å². The Morgan fingerprint density at radius 3 is 2.94 bits per heavy atom. The second-order valence-electron chi connectivity index (χ2n) is 4.67. The predicted molar refractivity (Wildman–Crippen MR) is 70.1 cm³/mol. The first-order valence-corrected chi connectivity index (χ1v) is 6.35. The van der Waals surface area contributed by atoms with Crippen molar-refractivity contribution in [2.75, 3.05) is 24.5 Å². The van der Waals surface area contributed by atoms with E-state index in [2.05, 4.69) is 48.3 Å². The number of nitrogens with zero attached hydrogens (tertiary/aromatic N) is 1. The topological polar surface area (TPSA) is 15.3 Å². The first-order chi connectivity index (χ1) is 7.81.